The molecule has 0 aliphatic heterocycles. The fourth-order valence-corrected chi connectivity index (χ4v) is 4.65. The van der Waals surface area contributed by atoms with Gasteiger partial charge in [-0.05, 0) is 48.3 Å². The first kappa shape index (κ1) is 23.2. The number of hydrogen-bond acceptors (Lipinski definition) is 4. The fourth-order valence-electron chi connectivity index (χ4n) is 2.85. The van der Waals surface area contributed by atoms with Gasteiger partial charge in [-0.1, -0.05) is 53.7 Å². The zero-order valence-corrected chi connectivity index (χ0v) is 18.5. The number of carbonyl (C=O) groups is 1. The normalized spacial score (nSPS) is 12.8. The molecule has 1 aromatic rings. The summed E-state index contributed by atoms with van der Waals surface area (Å²) >= 11 is 0. The van der Waals surface area contributed by atoms with Gasteiger partial charge in [-0.25, -0.2) is 13.2 Å². The minimum absolute atomic E-state index is 0.0436. The topological polar surface area (TPSA) is 72.5 Å². The summed E-state index contributed by atoms with van der Waals surface area (Å²) in [5.74, 6) is -0.180. The number of ether oxygens (including phenoxy) is 1. The molecule has 0 radical (unpaired) electrons. The van der Waals surface area contributed by atoms with Crippen LogP contribution in [0.5, 0.6) is 0 Å². The molecule has 0 bridgehead atoms. The lowest BCUT2D eigenvalue weighted by atomic mass is 9.89. The summed E-state index contributed by atoms with van der Waals surface area (Å²) in [6.07, 6.45) is 1.16. The minimum atomic E-state index is -3.84. The van der Waals surface area contributed by atoms with Crippen molar-refractivity contribution in [1.82, 2.24) is 4.72 Å². The molecule has 1 N–H and O–H groups in total. The van der Waals surface area contributed by atoms with Gasteiger partial charge in [-0.2, -0.15) is 0 Å². The number of esters is 1. The van der Waals surface area contributed by atoms with Crippen molar-refractivity contribution in [2.45, 2.75) is 78.0 Å². The van der Waals surface area contributed by atoms with Crippen LogP contribution in [0.3, 0.4) is 0 Å². The van der Waals surface area contributed by atoms with Gasteiger partial charge in [0.1, 0.15) is 0 Å². The molecule has 27 heavy (non-hydrogen) atoms. The smallest absolute Gasteiger partial charge is 0.332 e. The molecule has 152 valence electrons. The molecular formula is C21H33NO4S. The van der Waals surface area contributed by atoms with Crippen LogP contribution in [0.25, 0.3) is 0 Å². The van der Waals surface area contributed by atoms with Gasteiger partial charge in [0.2, 0.25) is 0 Å². The SMILES string of the molecule is CCOC(=O)C=C(C)NS(=O)(=O)c1c(C(C)C)cc(C(C)C)cc1C(C)C. The van der Waals surface area contributed by atoms with Crippen molar-refractivity contribution < 1.29 is 17.9 Å². The van der Waals surface area contributed by atoms with Crippen LogP contribution < -0.4 is 4.72 Å². The van der Waals surface area contributed by atoms with E-state index in [-0.39, 0.29) is 24.1 Å². The Morgan fingerprint density at radius 2 is 1.52 bits per heavy atom. The molecule has 0 aromatic heterocycles. The highest BCUT2D eigenvalue weighted by Crippen LogP contribution is 2.35. The maximum atomic E-state index is 13.2. The summed E-state index contributed by atoms with van der Waals surface area (Å²) in [7, 11) is -3.84. The Kier molecular flexibility index (Phi) is 8.08. The molecule has 1 aromatic carbocycles. The Morgan fingerprint density at radius 3 is 1.89 bits per heavy atom. The van der Waals surface area contributed by atoms with Crippen molar-refractivity contribution in [1.29, 1.82) is 0 Å². The molecule has 0 heterocycles. The molecule has 1 rings (SSSR count). The number of sulfonamides is 1. The van der Waals surface area contributed by atoms with E-state index in [0.717, 1.165) is 22.8 Å². The van der Waals surface area contributed by atoms with Gasteiger partial charge in [0.15, 0.2) is 0 Å². The summed E-state index contributed by atoms with van der Waals surface area (Å²) in [6, 6.07) is 3.97. The molecule has 0 atom stereocenters. The zero-order chi connectivity index (χ0) is 20.9. The van der Waals surface area contributed by atoms with Crippen molar-refractivity contribution in [2.24, 2.45) is 0 Å². The summed E-state index contributed by atoms with van der Waals surface area (Å²) in [5, 5.41) is 0. The number of benzene rings is 1. The molecule has 0 spiro atoms. The first-order chi connectivity index (χ1) is 12.4. The van der Waals surface area contributed by atoms with Gasteiger partial charge >= 0.3 is 5.97 Å². The quantitative estimate of drug-likeness (QED) is 0.507. The number of nitrogens with one attached hydrogen (secondary N) is 1. The first-order valence-corrected chi connectivity index (χ1v) is 10.9. The predicted molar refractivity (Wildman–Crippen MR) is 109 cm³/mol. The van der Waals surface area contributed by atoms with Gasteiger partial charge < -0.3 is 4.74 Å². The molecule has 0 amide bonds. The fraction of sp³-hybridized carbons (Fsp3) is 0.571. The molecule has 0 aliphatic rings. The number of hydrogen-bond donors (Lipinski definition) is 1. The van der Waals surface area contributed by atoms with Gasteiger partial charge in [0, 0.05) is 11.8 Å². The second kappa shape index (κ2) is 9.40. The highest BCUT2D eigenvalue weighted by atomic mass is 32.2. The summed E-state index contributed by atoms with van der Waals surface area (Å²) in [6.45, 7) is 15.6. The van der Waals surface area contributed by atoms with E-state index in [4.69, 9.17) is 4.74 Å². The third-order valence-electron chi connectivity index (χ3n) is 4.26. The molecule has 0 saturated carbocycles. The summed E-state index contributed by atoms with van der Waals surface area (Å²) in [5.41, 5.74) is 2.94. The second-order valence-corrected chi connectivity index (χ2v) is 9.30. The van der Waals surface area contributed by atoms with E-state index >= 15 is 0 Å². The van der Waals surface area contributed by atoms with Crippen molar-refractivity contribution in [3.05, 3.63) is 40.6 Å². The highest BCUT2D eigenvalue weighted by molar-refractivity contribution is 7.89. The molecule has 5 nitrogen and oxygen atoms in total. The minimum Gasteiger partial charge on any atom is -0.463 e. The third-order valence-corrected chi connectivity index (χ3v) is 5.86. The monoisotopic (exact) mass is 395 g/mol. The van der Waals surface area contributed by atoms with Gasteiger partial charge in [-0.15, -0.1) is 0 Å². The van der Waals surface area contributed by atoms with Crippen LogP contribution in [0.2, 0.25) is 0 Å². The molecule has 0 fully saturated rings. The van der Waals surface area contributed by atoms with E-state index in [2.05, 4.69) is 18.6 Å². The van der Waals surface area contributed by atoms with Gasteiger partial charge in [-0.3, -0.25) is 4.72 Å². The highest BCUT2D eigenvalue weighted by Gasteiger charge is 2.27. The molecule has 0 unspecified atom stereocenters. The van der Waals surface area contributed by atoms with E-state index in [1.165, 1.54) is 0 Å². The Labute approximate surface area is 164 Å². The van der Waals surface area contributed by atoms with Crippen molar-refractivity contribution in [3.63, 3.8) is 0 Å². The second-order valence-electron chi connectivity index (χ2n) is 7.68. The van der Waals surface area contributed by atoms with Gasteiger partial charge in [0.05, 0.1) is 11.5 Å². The standard InChI is InChI=1S/C21H33NO4S/c1-9-26-20(23)10-16(8)22-27(24,25)21-18(14(4)5)11-17(13(2)3)12-19(21)15(6)7/h10-15,22H,9H2,1-8H3. The molecule has 0 aliphatic carbocycles. The van der Waals surface area contributed by atoms with Crippen LogP contribution in [-0.2, 0) is 19.6 Å². The number of rotatable bonds is 8. The van der Waals surface area contributed by atoms with Gasteiger partial charge in [0.25, 0.3) is 10.0 Å². The van der Waals surface area contributed by atoms with E-state index in [1.807, 2.05) is 39.8 Å². The van der Waals surface area contributed by atoms with E-state index in [9.17, 15) is 13.2 Å². The lowest BCUT2D eigenvalue weighted by Crippen LogP contribution is -2.26. The van der Waals surface area contributed by atoms with Crippen LogP contribution in [0.4, 0.5) is 0 Å². The lowest BCUT2D eigenvalue weighted by Gasteiger charge is -2.23. The van der Waals surface area contributed by atoms with Crippen LogP contribution in [0.15, 0.2) is 28.8 Å². The third kappa shape index (κ3) is 6.09. The predicted octanol–water partition coefficient (Wildman–Crippen LogP) is 4.80. The van der Waals surface area contributed by atoms with E-state index in [0.29, 0.717) is 10.8 Å². The average Bonchev–Trinajstić information content (AvgIpc) is 2.52. The number of carbonyl (C=O) groups excluding carboxylic acids is 1. The Balaban J connectivity index is 3.55. The van der Waals surface area contributed by atoms with Crippen LogP contribution >= 0.6 is 0 Å². The van der Waals surface area contributed by atoms with E-state index in [1.54, 1.807) is 13.8 Å². The first-order valence-electron chi connectivity index (χ1n) is 9.46. The average molecular weight is 396 g/mol. The Bertz CT molecular complexity index is 776. The molecular weight excluding hydrogens is 362 g/mol. The molecule has 6 heteroatoms. The van der Waals surface area contributed by atoms with Crippen LogP contribution in [0.1, 0.15) is 89.8 Å². The van der Waals surface area contributed by atoms with Crippen molar-refractivity contribution >= 4 is 16.0 Å². The molecule has 0 saturated heterocycles. The number of allylic oxidation sites excluding steroid dienone is 1. The zero-order valence-electron chi connectivity index (χ0n) is 17.7. The summed E-state index contributed by atoms with van der Waals surface area (Å²) in [4.78, 5) is 11.9. The maximum Gasteiger partial charge on any atom is 0.332 e. The van der Waals surface area contributed by atoms with Crippen molar-refractivity contribution in [3.8, 4) is 0 Å². The Morgan fingerprint density at radius 1 is 1.04 bits per heavy atom. The van der Waals surface area contributed by atoms with Crippen molar-refractivity contribution in [2.75, 3.05) is 6.61 Å². The van der Waals surface area contributed by atoms with Crippen LogP contribution in [0, 0.1) is 0 Å². The lowest BCUT2D eigenvalue weighted by molar-refractivity contribution is -0.137. The van der Waals surface area contributed by atoms with E-state index < -0.39 is 16.0 Å². The Hall–Kier alpha value is -1.82. The maximum absolute atomic E-state index is 13.2. The van der Waals surface area contributed by atoms with Crippen LogP contribution in [-0.4, -0.2) is 21.0 Å². The summed E-state index contributed by atoms with van der Waals surface area (Å²) < 4.78 is 33.8. The largest absolute Gasteiger partial charge is 0.463 e.